The van der Waals surface area contributed by atoms with Gasteiger partial charge in [0, 0.05) is 19.1 Å². The molecule has 0 spiro atoms. The Balaban J connectivity index is 1.57. The number of carbonyl (C=O) groups excluding carboxylic acids is 1. The lowest BCUT2D eigenvalue weighted by molar-refractivity contribution is 0.127. The van der Waals surface area contributed by atoms with Gasteiger partial charge in [-0.25, -0.2) is 4.79 Å². The summed E-state index contributed by atoms with van der Waals surface area (Å²) in [7, 11) is 0. The molecule has 1 aliphatic rings. The summed E-state index contributed by atoms with van der Waals surface area (Å²) >= 11 is 0. The van der Waals surface area contributed by atoms with Crippen LogP contribution in [-0.2, 0) is 17.9 Å². The van der Waals surface area contributed by atoms with Crippen molar-refractivity contribution in [2.75, 3.05) is 13.1 Å². The van der Waals surface area contributed by atoms with Crippen molar-refractivity contribution in [3.05, 3.63) is 71.8 Å². The first-order valence-corrected chi connectivity index (χ1v) is 9.98. The van der Waals surface area contributed by atoms with Crippen LogP contribution in [0.25, 0.3) is 0 Å². The standard InChI is InChI=1S/C23H30N2O2/c1-2-21-14-9-15-25(16-19-10-5-3-6-11-19)17-22(21)24-23(26)27-18-20-12-7-4-8-13-20/h3-8,10-13,21-22H,2,9,14-18H2,1H3,(H,24,26). The summed E-state index contributed by atoms with van der Waals surface area (Å²) in [6, 6.07) is 20.5. The number of hydrogen-bond donors (Lipinski definition) is 1. The van der Waals surface area contributed by atoms with Crippen molar-refractivity contribution in [2.45, 2.75) is 45.4 Å². The molecule has 4 nitrogen and oxygen atoms in total. The molecule has 3 rings (SSSR count). The van der Waals surface area contributed by atoms with Crippen molar-refractivity contribution in [3.63, 3.8) is 0 Å². The minimum Gasteiger partial charge on any atom is -0.445 e. The second-order valence-corrected chi connectivity index (χ2v) is 7.34. The molecule has 0 saturated carbocycles. The first-order chi connectivity index (χ1) is 13.2. The van der Waals surface area contributed by atoms with E-state index in [9.17, 15) is 4.79 Å². The Morgan fingerprint density at radius 2 is 1.74 bits per heavy atom. The Bertz CT molecular complexity index is 690. The fraction of sp³-hybridized carbons (Fsp3) is 0.435. The van der Waals surface area contributed by atoms with Crippen LogP contribution in [0.15, 0.2) is 60.7 Å². The van der Waals surface area contributed by atoms with E-state index < -0.39 is 0 Å². The summed E-state index contributed by atoms with van der Waals surface area (Å²) in [6.45, 7) is 5.39. The molecule has 2 aromatic rings. The molecule has 0 aromatic heterocycles. The van der Waals surface area contributed by atoms with Crippen LogP contribution in [0.3, 0.4) is 0 Å². The third kappa shape index (κ3) is 6.10. The molecule has 144 valence electrons. The number of carbonyl (C=O) groups is 1. The van der Waals surface area contributed by atoms with Crippen molar-refractivity contribution in [1.29, 1.82) is 0 Å². The molecule has 2 unspecified atom stereocenters. The molecule has 1 fully saturated rings. The fourth-order valence-electron chi connectivity index (χ4n) is 3.85. The van der Waals surface area contributed by atoms with E-state index in [2.05, 4.69) is 41.4 Å². The van der Waals surface area contributed by atoms with Crippen LogP contribution < -0.4 is 5.32 Å². The average molecular weight is 367 g/mol. The van der Waals surface area contributed by atoms with Gasteiger partial charge < -0.3 is 10.1 Å². The number of ether oxygens (including phenoxy) is 1. The maximum atomic E-state index is 12.4. The summed E-state index contributed by atoms with van der Waals surface area (Å²) in [5.74, 6) is 0.495. The maximum Gasteiger partial charge on any atom is 0.407 e. The number of likely N-dealkylation sites (tertiary alicyclic amines) is 1. The van der Waals surface area contributed by atoms with E-state index in [0.717, 1.165) is 38.0 Å². The zero-order valence-electron chi connectivity index (χ0n) is 16.1. The van der Waals surface area contributed by atoms with Gasteiger partial charge in [0.25, 0.3) is 0 Å². The van der Waals surface area contributed by atoms with Crippen molar-refractivity contribution in [2.24, 2.45) is 5.92 Å². The van der Waals surface area contributed by atoms with Gasteiger partial charge in [-0.3, -0.25) is 4.90 Å². The van der Waals surface area contributed by atoms with Crippen LogP contribution in [0.4, 0.5) is 4.79 Å². The van der Waals surface area contributed by atoms with Gasteiger partial charge in [0.15, 0.2) is 0 Å². The molecule has 2 aromatic carbocycles. The van der Waals surface area contributed by atoms with Gasteiger partial charge in [0.05, 0.1) is 0 Å². The molecule has 1 amide bonds. The van der Waals surface area contributed by atoms with E-state index in [1.165, 1.54) is 12.0 Å². The predicted octanol–water partition coefficient (Wildman–Crippen LogP) is 4.60. The van der Waals surface area contributed by atoms with Gasteiger partial charge in [-0.15, -0.1) is 0 Å². The van der Waals surface area contributed by atoms with Crippen molar-refractivity contribution in [1.82, 2.24) is 10.2 Å². The largest absolute Gasteiger partial charge is 0.445 e. The van der Waals surface area contributed by atoms with E-state index in [-0.39, 0.29) is 12.1 Å². The first kappa shape index (κ1) is 19.4. The van der Waals surface area contributed by atoms with Crippen LogP contribution in [0.1, 0.15) is 37.3 Å². The fourth-order valence-corrected chi connectivity index (χ4v) is 3.85. The van der Waals surface area contributed by atoms with E-state index >= 15 is 0 Å². The van der Waals surface area contributed by atoms with Gasteiger partial charge in [-0.1, -0.05) is 74.0 Å². The van der Waals surface area contributed by atoms with Gasteiger partial charge in [-0.05, 0) is 36.4 Å². The normalized spacial score (nSPS) is 20.6. The second-order valence-electron chi connectivity index (χ2n) is 7.34. The lowest BCUT2D eigenvalue weighted by Gasteiger charge is -2.28. The highest BCUT2D eigenvalue weighted by molar-refractivity contribution is 5.67. The molecule has 2 atom stereocenters. The number of hydrogen-bond acceptors (Lipinski definition) is 3. The van der Waals surface area contributed by atoms with Crippen LogP contribution in [0, 0.1) is 5.92 Å². The third-order valence-electron chi connectivity index (χ3n) is 5.36. The molecular formula is C23H30N2O2. The average Bonchev–Trinajstić information content (AvgIpc) is 2.89. The highest BCUT2D eigenvalue weighted by Crippen LogP contribution is 2.22. The minimum absolute atomic E-state index is 0.129. The quantitative estimate of drug-likeness (QED) is 0.812. The van der Waals surface area contributed by atoms with Gasteiger partial charge >= 0.3 is 6.09 Å². The summed E-state index contributed by atoms with van der Waals surface area (Å²) in [5.41, 5.74) is 2.32. The number of benzene rings is 2. The molecule has 1 heterocycles. The molecular weight excluding hydrogens is 336 g/mol. The summed E-state index contributed by atoms with van der Waals surface area (Å²) in [5, 5.41) is 3.14. The highest BCUT2D eigenvalue weighted by atomic mass is 16.5. The number of nitrogens with zero attached hydrogens (tertiary/aromatic N) is 1. The Kier molecular flexibility index (Phi) is 7.28. The third-order valence-corrected chi connectivity index (χ3v) is 5.36. The first-order valence-electron chi connectivity index (χ1n) is 9.98. The zero-order chi connectivity index (χ0) is 18.9. The highest BCUT2D eigenvalue weighted by Gasteiger charge is 2.27. The van der Waals surface area contributed by atoms with E-state index in [4.69, 9.17) is 4.74 Å². The van der Waals surface area contributed by atoms with Crippen molar-refractivity contribution >= 4 is 6.09 Å². The molecule has 0 aliphatic carbocycles. The Labute approximate surface area is 162 Å². The molecule has 1 aliphatic heterocycles. The summed E-state index contributed by atoms with van der Waals surface area (Å²) in [6.07, 6.45) is 3.07. The van der Waals surface area contributed by atoms with Gasteiger partial charge in [0.1, 0.15) is 6.61 Å². The van der Waals surface area contributed by atoms with Crippen LogP contribution in [0.5, 0.6) is 0 Å². The maximum absolute atomic E-state index is 12.4. The second kappa shape index (κ2) is 10.1. The Morgan fingerprint density at radius 3 is 2.41 bits per heavy atom. The predicted molar refractivity (Wildman–Crippen MR) is 108 cm³/mol. The monoisotopic (exact) mass is 366 g/mol. The lowest BCUT2D eigenvalue weighted by atomic mass is 9.93. The summed E-state index contributed by atoms with van der Waals surface area (Å²) in [4.78, 5) is 14.8. The number of nitrogens with one attached hydrogen (secondary N) is 1. The molecule has 0 bridgehead atoms. The van der Waals surface area contributed by atoms with Crippen LogP contribution >= 0.6 is 0 Å². The molecule has 4 heteroatoms. The topological polar surface area (TPSA) is 41.6 Å². The Hall–Kier alpha value is -2.33. The smallest absolute Gasteiger partial charge is 0.407 e. The van der Waals surface area contributed by atoms with E-state index in [0.29, 0.717) is 12.5 Å². The number of amides is 1. The zero-order valence-corrected chi connectivity index (χ0v) is 16.1. The SMILES string of the molecule is CCC1CCCN(Cc2ccccc2)CC1NC(=O)OCc1ccccc1. The summed E-state index contributed by atoms with van der Waals surface area (Å²) < 4.78 is 5.45. The number of rotatable bonds is 6. The van der Waals surface area contributed by atoms with Crippen LogP contribution in [0.2, 0.25) is 0 Å². The van der Waals surface area contributed by atoms with Gasteiger partial charge in [0.2, 0.25) is 0 Å². The number of alkyl carbamates (subject to hydrolysis) is 1. The lowest BCUT2D eigenvalue weighted by Crippen LogP contribution is -2.46. The van der Waals surface area contributed by atoms with Crippen LogP contribution in [-0.4, -0.2) is 30.1 Å². The Morgan fingerprint density at radius 1 is 1.07 bits per heavy atom. The van der Waals surface area contributed by atoms with Gasteiger partial charge in [-0.2, -0.15) is 0 Å². The van der Waals surface area contributed by atoms with Crippen molar-refractivity contribution < 1.29 is 9.53 Å². The van der Waals surface area contributed by atoms with E-state index in [1.807, 2.05) is 36.4 Å². The van der Waals surface area contributed by atoms with E-state index in [1.54, 1.807) is 0 Å². The minimum atomic E-state index is -0.316. The molecule has 1 saturated heterocycles. The molecule has 27 heavy (non-hydrogen) atoms. The van der Waals surface area contributed by atoms with Crippen molar-refractivity contribution in [3.8, 4) is 0 Å². The molecule has 1 N–H and O–H groups in total. The molecule has 0 radical (unpaired) electrons.